The van der Waals surface area contributed by atoms with Crippen LogP contribution in [0.2, 0.25) is 0 Å². The maximum Gasteiger partial charge on any atom is 0.0742 e. The van der Waals surface area contributed by atoms with Crippen molar-refractivity contribution in [1.82, 2.24) is 0 Å². The molecule has 0 aliphatic rings. The fourth-order valence-corrected chi connectivity index (χ4v) is 3.21. The standard InChI is InChI=1S/C18H30.C6H15N.ClH/c1-2-3-4-5-6-7-8-9-10-12-15-18-16-13-11-14-17-18;1-4-7(5-2)6-3;/h11,13-14,16-17H,2-10,12,15H2,1H3;4-6H2,1-3H3;1H. The third kappa shape index (κ3) is 18.3. The highest BCUT2D eigenvalue weighted by molar-refractivity contribution is 5.14. The van der Waals surface area contributed by atoms with Crippen molar-refractivity contribution in [2.24, 2.45) is 0 Å². The number of aryl methyl sites for hydroxylation is 1. The first-order chi connectivity index (χ1) is 12.3. The van der Waals surface area contributed by atoms with E-state index in [1.807, 2.05) is 0 Å². The second-order valence-corrected chi connectivity index (χ2v) is 7.23. The van der Waals surface area contributed by atoms with Gasteiger partial charge in [0.05, 0.1) is 19.6 Å². The molecule has 2 heteroatoms. The predicted molar refractivity (Wildman–Crippen MR) is 115 cm³/mol. The van der Waals surface area contributed by atoms with Crippen molar-refractivity contribution < 1.29 is 17.3 Å². The van der Waals surface area contributed by atoms with Crippen LogP contribution in [0.3, 0.4) is 0 Å². The van der Waals surface area contributed by atoms with Crippen molar-refractivity contribution in [3.63, 3.8) is 0 Å². The van der Waals surface area contributed by atoms with Crippen LogP contribution < -0.4 is 17.3 Å². The molecule has 26 heavy (non-hydrogen) atoms. The lowest BCUT2D eigenvalue weighted by Crippen LogP contribution is -3.11. The lowest BCUT2D eigenvalue weighted by molar-refractivity contribution is -0.894. The fraction of sp³-hybridized carbons (Fsp3) is 0.750. The Labute approximate surface area is 171 Å². The summed E-state index contributed by atoms with van der Waals surface area (Å²) in [4.78, 5) is 1.68. The predicted octanol–water partition coefficient (Wildman–Crippen LogP) is 3.09. The highest BCUT2D eigenvalue weighted by Crippen LogP contribution is 2.12. The summed E-state index contributed by atoms with van der Waals surface area (Å²) in [5, 5.41) is 0. The van der Waals surface area contributed by atoms with Crippen molar-refractivity contribution >= 4 is 0 Å². The van der Waals surface area contributed by atoms with Crippen LogP contribution in [0, 0.1) is 0 Å². The van der Waals surface area contributed by atoms with Crippen LogP contribution in [0.25, 0.3) is 0 Å². The van der Waals surface area contributed by atoms with E-state index in [-0.39, 0.29) is 12.4 Å². The average Bonchev–Trinajstić information content (AvgIpc) is 2.66. The zero-order chi connectivity index (χ0) is 18.6. The molecule has 0 saturated carbocycles. The van der Waals surface area contributed by atoms with Crippen molar-refractivity contribution in [2.45, 2.75) is 98.3 Å². The highest BCUT2D eigenvalue weighted by Gasteiger charge is 1.94. The van der Waals surface area contributed by atoms with Gasteiger partial charge in [0.25, 0.3) is 0 Å². The first-order valence-electron chi connectivity index (χ1n) is 11.2. The Bertz CT molecular complexity index is 343. The van der Waals surface area contributed by atoms with Crippen LogP contribution in [-0.4, -0.2) is 19.6 Å². The Morgan fingerprint density at radius 2 is 1.00 bits per heavy atom. The number of halogens is 1. The highest BCUT2D eigenvalue weighted by atomic mass is 35.5. The van der Waals surface area contributed by atoms with E-state index in [4.69, 9.17) is 0 Å². The van der Waals surface area contributed by atoms with Gasteiger partial charge in [-0.3, -0.25) is 0 Å². The number of unbranched alkanes of at least 4 members (excludes halogenated alkanes) is 9. The van der Waals surface area contributed by atoms with Gasteiger partial charge >= 0.3 is 0 Å². The van der Waals surface area contributed by atoms with E-state index in [2.05, 4.69) is 58.0 Å². The van der Waals surface area contributed by atoms with Gasteiger partial charge in [-0.05, 0) is 39.2 Å². The van der Waals surface area contributed by atoms with Gasteiger partial charge in [-0.1, -0.05) is 95.0 Å². The summed E-state index contributed by atoms with van der Waals surface area (Å²) in [6.45, 7) is 12.8. The minimum absolute atomic E-state index is 0. The van der Waals surface area contributed by atoms with Crippen molar-refractivity contribution in [3.05, 3.63) is 35.9 Å². The topological polar surface area (TPSA) is 4.44 Å². The summed E-state index contributed by atoms with van der Waals surface area (Å²) in [5.41, 5.74) is 1.50. The first kappa shape index (κ1) is 27.7. The number of hydrogen-bond acceptors (Lipinski definition) is 0. The molecule has 1 aromatic rings. The number of quaternary nitrogens is 1. The lowest BCUT2D eigenvalue weighted by Gasteiger charge is -2.10. The summed E-state index contributed by atoms with van der Waals surface area (Å²) in [5.74, 6) is 0. The molecule has 0 aliphatic carbocycles. The molecular weight excluding hydrogens is 338 g/mol. The number of benzene rings is 1. The quantitative estimate of drug-likeness (QED) is 0.471. The molecule has 0 aliphatic heterocycles. The van der Waals surface area contributed by atoms with E-state index < -0.39 is 0 Å². The summed E-state index contributed by atoms with van der Waals surface area (Å²) in [6, 6.07) is 10.9. The molecule has 0 aromatic heterocycles. The van der Waals surface area contributed by atoms with E-state index in [9.17, 15) is 0 Å². The van der Waals surface area contributed by atoms with Crippen LogP contribution in [0.1, 0.15) is 97.5 Å². The van der Waals surface area contributed by atoms with E-state index >= 15 is 0 Å². The van der Waals surface area contributed by atoms with Crippen LogP contribution in [-0.2, 0) is 6.42 Å². The van der Waals surface area contributed by atoms with E-state index in [0.29, 0.717) is 0 Å². The number of rotatable bonds is 14. The Hall–Kier alpha value is -0.530. The average molecular weight is 384 g/mol. The van der Waals surface area contributed by atoms with Gasteiger partial charge in [-0.15, -0.1) is 0 Å². The van der Waals surface area contributed by atoms with Crippen LogP contribution in [0.15, 0.2) is 30.3 Å². The minimum atomic E-state index is 0. The first-order valence-corrected chi connectivity index (χ1v) is 11.2. The summed E-state index contributed by atoms with van der Waals surface area (Å²) >= 11 is 0. The van der Waals surface area contributed by atoms with Crippen molar-refractivity contribution in [3.8, 4) is 0 Å². The molecule has 0 spiro atoms. The van der Waals surface area contributed by atoms with Crippen LogP contribution in [0.5, 0.6) is 0 Å². The van der Waals surface area contributed by atoms with Gasteiger partial charge in [0.2, 0.25) is 0 Å². The zero-order valence-corrected chi connectivity index (χ0v) is 18.9. The Balaban J connectivity index is 0. The maximum absolute atomic E-state index is 2.28. The third-order valence-electron chi connectivity index (χ3n) is 5.16. The Morgan fingerprint density at radius 3 is 1.38 bits per heavy atom. The van der Waals surface area contributed by atoms with Gasteiger partial charge in [0.15, 0.2) is 0 Å². The second kappa shape index (κ2) is 22.5. The molecule has 1 N–H and O–H groups in total. The molecule has 0 amide bonds. The molecule has 1 nitrogen and oxygen atoms in total. The summed E-state index contributed by atoms with van der Waals surface area (Å²) in [7, 11) is 0. The largest absolute Gasteiger partial charge is 1.00 e. The molecule has 0 atom stereocenters. The summed E-state index contributed by atoms with van der Waals surface area (Å²) < 4.78 is 0. The second-order valence-electron chi connectivity index (χ2n) is 7.23. The molecule has 0 radical (unpaired) electrons. The van der Waals surface area contributed by atoms with Gasteiger partial charge in [0.1, 0.15) is 0 Å². The van der Waals surface area contributed by atoms with E-state index in [0.717, 1.165) is 0 Å². The monoisotopic (exact) mass is 383 g/mol. The molecule has 1 aromatic carbocycles. The fourth-order valence-electron chi connectivity index (χ4n) is 3.21. The maximum atomic E-state index is 2.28. The number of nitrogens with one attached hydrogen (secondary N) is 1. The molecule has 0 bridgehead atoms. The minimum Gasteiger partial charge on any atom is -1.00 e. The smallest absolute Gasteiger partial charge is 0.0742 e. The Morgan fingerprint density at radius 1 is 0.577 bits per heavy atom. The van der Waals surface area contributed by atoms with Gasteiger partial charge in [-0.2, -0.15) is 0 Å². The van der Waals surface area contributed by atoms with Gasteiger partial charge < -0.3 is 17.3 Å². The number of hydrogen-bond donors (Lipinski definition) is 1. The molecule has 0 unspecified atom stereocenters. The lowest BCUT2D eigenvalue weighted by atomic mass is 10.0. The van der Waals surface area contributed by atoms with Gasteiger partial charge in [0, 0.05) is 0 Å². The normalized spacial score (nSPS) is 10.2. The SMILES string of the molecule is CCCCCCCCCCCCc1ccccc1.CC[NH+](CC)CC.[Cl-]. The van der Waals surface area contributed by atoms with Crippen molar-refractivity contribution in [2.75, 3.05) is 19.6 Å². The molecular formula is C24H46ClN. The molecule has 0 saturated heterocycles. The molecule has 0 fully saturated rings. The zero-order valence-electron chi connectivity index (χ0n) is 18.2. The van der Waals surface area contributed by atoms with Crippen LogP contribution >= 0.6 is 0 Å². The molecule has 154 valence electrons. The molecule has 0 heterocycles. The third-order valence-corrected chi connectivity index (χ3v) is 5.16. The molecule has 1 rings (SSSR count). The van der Waals surface area contributed by atoms with Gasteiger partial charge in [-0.25, -0.2) is 0 Å². The van der Waals surface area contributed by atoms with E-state index in [1.54, 1.807) is 4.90 Å². The van der Waals surface area contributed by atoms with Crippen LogP contribution in [0.4, 0.5) is 0 Å². The Kier molecular flexibility index (Phi) is 24.0. The van der Waals surface area contributed by atoms with Crippen molar-refractivity contribution in [1.29, 1.82) is 0 Å². The summed E-state index contributed by atoms with van der Waals surface area (Å²) in [6.07, 6.45) is 15.5. The van der Waals surface area contributed by atoms with E-state index in [1.165, 1.54) is 95.8 Å².